The van der Waals surface area contributed by atoms with E-state index in [-0.39, 0.29) is 18.2 Å². The zero-order valence-corrected chi connectivity index (χ0v) is 12.3. The van der Waals surface area contributed by atoms with Gasteiger partial charge in [0.25, 0.3) is 0 Å². The topological polar surface area (TPSA) is 29.5 Å². The summed E-state index contributed by atoms with van der Waals surface area (Å²) in [5.41, 5.74) is 1.87. The highest BCUT2D eigenvalue weighted by molar-refractivity contribution is 5.96. The lowest BCUT2D eigenvalue weighted by atomic mass is 10.0. The molecular formula is C14H22ClNO2. The highest BCUT2D eigenvalue weighted by Gasteiger charge is 2.09. The van der Waals surface area contributed by atoms with Crippen LogP contribution in [0.4, 0.5) is 0 Å². The number of halogens is 1. The van der Waals surface area contributed by atoms with Crippen molar-refractivity contribution in [1.82, 2.24) is 4.90 Å². The largest absolute Gasteiger partial charge is 0.496 e. The summed E-state index contributed by atoms with van der Waals surface area (Å²) < 4.78 is 5.25. The quantitative estimate of drug-likeness (QED) is 0.745. The Balaban J connectivity index is 0.00000289. The van der Waals surface area contributed by atoms with Gasteiger partial charge in [0.05, 0.1) is 7.11 Å². The molecule has 0 unspecified atom stereocenters. The number of benzene rings is 1. The van der Waals surface area contributed by atoms with Gasteiger partial charge in [-0.15, -0.1) is 12.4 Å². The van der Waals surface area contributed by atoms with Crippen LogP contribution in [0.3, 0.4) is 0 Å². The maximum Gasteiger partial charge on any atom is 0.164 e. The van der Waals surface area contributed by atoms with Gasteiger partial charge in [-0.2, -0.15) is 0 Å². The van der Waals surface area contributed by atoms with Gasteiger partial charge in [-0.3, -0.25) is 4.79 Å². The van der Waals surface area contributed by atoms with Crippen molar-refractivity contribution in [2.75, 3.05) is 27.7 Å². The number of ketones is 1. The first-order valence-corrected chi connectivity index (χ1v) is 5.93. The monoisotopic (exact) mass is 271 g/mol. The van der Waals surface area contributed by atoms with E-state index in [4.69, 9.17) is 4.74 Å². The molecule has 0 saturated carbocycles. The molecule has 1 rings (SSSR count). The summed E-state index contributed by atoms with van der Waals surface area (Å²) in [5.74, 6) is 1.05. The van der Waals surface area contributed by atoms with Crippen molar-refractivity contribution in [1.29, 1.82) is 0 Å². The Bertz CT molecular complexity index is 391. The van der Waals surface area contributed by atoms with Crippen LogP contribution in [0.1, 0.15) is 29.3 Å². The van der Waals surface area contributed by atoms with Gasteiger partial charge >= 0.3 is 0 Å². The van der Waals surface area contributed by atoms with Crippen LogP contribution in [-0.4, -0.2) is 38.4 Å². The molecule has 4 heteroatoms. The summed E-state index contributed by atoms with van der Waals surface area (Å²) in [6.45, 7) is 2.85. The Morgan fingerprint density at radius 1 is 1.33 bits per heavy atom. The van der Waals surface area contributed by atoms with Crippen molar-refractivity contribution in [3.05, 3.63) is 29.3 Å². The molecule has 0 aliphatic heterocycles. The van der Waals surface area contributed by atoms with E-state index < -0.39 is 0 Å². The molecular weight excluding hydrogens is 250 g/mol. The third-order valence-corrected chi connectivity index (χ3v) is 2.77. The third kappa shape index (κ3) is 4.67. The molecule has 0 N–H and O–H groups in total. The summed E-state index contributed by atoms with van der Waals surface area (Å²) >= 11 is 0. The van der Waals surface area contributed by atoms with Gasteiger partial charge in [-0.1, -0.05) is 6.92 Å². The first kappa shape index (κ1) is 16.9. The number of Topliss-reactive ketones (excluding diaryl/α,β-unsaturated/α-hetero) is 1. The zero-order valence-electron chi connectivity index (χ0n) is 11.5. The lowest BCUT2D eigenvalue weighted by molar-refractivity contribution is 0.0972. The zero-order chi connectivity index (χ0) is 12.8. The molecule has 1 aromatic rings. The Morgan fingerprint density at radius 2 is 2.00 bits per heavy atom. The van der Waals surface area contributed by atoms with Crippen molar-refractivity contribution >= 4 is 18.2 Å². The minimum absolute atomic E-state index is 0. The van der Waals surface area contributed by atoms with Crippen LogP contribution in [-0.2, 0) is 6.42 Å². The standard InChI is InChI=1S/C14H21NO2.ClH/c1-5-11-10-12(6-7-14(11)17-4)13(16)8-9-15(2)3;/h6-7,10H,5,8-9H2,1-4H3;1H. The third-order valence-electron chi connectivity index (χ3n) is 2.77. The molecule has 0 bridgehead atoms. The molecule has 0 radical (unpaired) electrons. The van der Waals surface area contributed by atoms with Crippen LogP contribution < -0.4 is 4.74 Å². The van der Waals surface area contributed by atoms with Crippen LogP contribution in [0.15, 0.2) is 18.2 Å². The van der Waals surface area contributed by atoms with Gasteiger partial charge in [0.2, 0.25) is 0 Å². The number of hydrogen-bond donors (Lipinski definition) is 0. The van der Waals surface area contributed by atoms with Gasteiger partial charge in [-0.25, -0.2) is 0 Å². The number of hydrogen-bond acceptors (Lipinski definition) is 3. The molecule has 0 saturated heterocycles. The SMILES string of the molecule is CCc1cc(C(=O)CCN(C)C)ccc1OC.Cl. The molecule has 0 aliphatic carbocycles. The Labute approximate surface area is 116 Å². The molecule has 0 aromatic heterocycles. The second kappa shape index (κ2) is 8.11. The number of ether oxygens (including phenoxy) is 1. The lowest BCUT2D eigenvalue weighted by Crippen LogP contribution is -2.16. The molecule has 0 spiro atoms. The molecule has 18 heavy (non-hydrogen) atoms. The summed E-state index contributed by atoms with van der Waals surface area (Å²) in [7, 11) is 5.60. The molecule has 0 heterocycles. The van der Waals surface area contributed by atoms with Crippen LogP contribution in [0.5, 0.6) is 5.75 Å². The number of rotatable bonds is 6. The van der Waals surface area contributed by atoms with Gasteiger partial charge in [0.1, 0.15) is 5.75 Å². The maximum absolute atomic E-state index is 11.9. The van der Waals surface area contributed by atoms with Crippen molar-refractivity contribution in [2.24, 2.45) is 0 Å². The van der Waals surface area contributed by atoms with Gasteiger partial charge in [0.15, 0.2) is 5.78 Å². The van der Waals surface area contributed by atoms with Gasteiger partial charge in [0, 0.05) is 18.5 Å². The van der Waals surface area contributed by atoms with E-state index in [1.54, 1.807) is 7.11 Å². The summed E-state index contributed by atoms with van der Waals surface area (Å²) in [6, 6.07) is 5.66. The minimum atomic E-state index is 0. The number of methoxy groups -OCH3 is 1. The van der Waals surface area contributed by atoms with Gasteiger partial charge < -0.3 is 9.64 Å². The maximum atomic E-state index is 11.9. The fourth-order valence-electron chi connectivity index (χ4n) is 1.70. The highest BCUT2D eigenvalue weighted by atomic mass is 35.5. The second-order valence-electron chi connectivity index (χ2n) is 4.36. The predicted molar refractivity (Wildman–Crippen MR) is 77.1 cm³/mol. The fourth-order valence-corrected chi connectivity index (χ4v) is 1.70. The number of aryl methyl sites for hydroxylation is 1. The van der Waals surface area contributed by atoms with Gasteiger partial charge in [-0.05, 0) is 44.3 Å². The Hall–Kier alpha value is -1.06. The van der Waals surface area contributed by atoms with Crippen LogP contribution in [0.2, 0.25) is 0 Å². The van der Waals surface area contributed by atoms with Crippen molar-refractivity contribution in [3.63, 3.8) is 0 Å². The Kier molecular flexibility index (Phi) is 7.64. The molecule has 1 aromatic carbocycles. The molecule has 3 nitrogen and oxygen atoms in total. The first-order chi connectivity index (χ1) is 8.08. The number of nitrogens with zero attached hydrogens (tertiary/aromatic N) is 1. The first-order valence-electron chi connectivity index (χ1n) is 5.93. The van der Waals surface area contributed by atoms with E-state index in [9.17, 15) is 4.79 Å². The Morgan fingerprint density at radius 3 is 2.50 bits per heavy atom. The van der Waals surface area contributed by atoms with E-state index in [0.717, 1.165) is 29.8 Å². The summed E-state index contributed by atoms with van der Waals surface area (Å²) in [5, 5.41) is 0. The lowest BCUT2D eigenvalue weighted by Gasteiger charge is -2.10. The molecule has 0 fully saturated rings. The molecule has 0 atom stereocenters. The van der Waals surface area contributed by atoms with Crippen molar-refractivity contribution in [3.8, 4) is 5.75 Å². The van der Waals surface area contributed by atoms with E-state index >= 15 is 0 Å². The van der Waals surface area contributed by atoms with Crippen molar-refractivity contribution < 1.29 is 9.53 Å². The fraction of sp³-hybridized carbons (Fsp3) is 0.500. The second-order valence-corrected chi connectivity index (χ2v) is 4.36. The normalized spacial score (nSPS) is 10.1. The van der Waals surface area contributed by atoms with Crippen molar-refractivity contribution in [2.45, 2.75) is 19.8 Å². The predicted octanol–water partition coefficient (Wildman–Crippen LogP) is 2.81. The van der Waals surface area contributed by atoms with E-state index in [2.05, 4.69) is 6.92 Å². The molecule has 102 valence electrons. The van der Waals surface area contributed by atoms with E-state index in [0.29, 0.717) is 6.42 Å². The van der Waals surface area contributed by atoms with Crippen LogP contribution >= 0.6 is 12.4 Å². The molecule has 0 amide bonds. The number of carbonyl (C=O) groups is 1. The van der Waals surface area contributed by atoms with Crippen LogP contribution in [0.25, 0.3) is 0 Å². The number of carbonyl (C=O) groups excluding carboxylic acids is 1. The van der Waals surface area contributed by atoms with E-state index in [1.807, 2.05) is 37.2 Å². The average molecular weight is 272 g/mol. The molecule has 0 aliphatic rings. The highest BCUT2D eigenvalue weighted by Crippen LogP contribution is 2.21. The van der Waals surface area contributed by atoms with E-state index in [1.165, 1.54) is 0 Å². The summed E-state index contributed by atoms with van der Waals surface area (Å²) in [4.78, 5) is 14.0. The smallest absolute Gasteiger partial charge is 0.164 e. The minimum Gasteiger partial charge on any atom is -0.496 e. The average Bonchev–Trinajstić information content (AvgIpc) is 2.34. The van der Waals surface area contributed by atoms with Crippen LogP contribution in [0, 0.1) is 0 Å². The summed E-state index contributed by atoms with van der Waals surface area (Å²) in [6.07, 6.45) is 1.43.